The van der Waals surface area contributed by atoms with Gasteiger partial charge < -0.3 is 12.3 Å². The second-order valence-electron chi connectivity index (χ2n) is 1.74. The molecule has 0 aromatic heterocycles. The van der Waals surface area contributed by atoms with Gasteiger partial charge in [0.1, 0.15) is 21.0 Å². The van der Waals surface area contributed by atoms with Crippen LogP contribution in [0.25, 0.3) is 0 Å². The third-order valence-corrected chi connectivity index (χ3v) is 9.42. The van der Waals surface area contributed by atoms with Gasteiger partial charge in [0.05, 0.1) is 0 Å². The average Bonchev–Trinajstić information content (AvgIpc) is 1.87. The van der Waals surface area contributed by atoms with Gasteiger partial charge in [-0.3, -0.25) is 0 Å². The standard InChI is InChI=1S/C2H14O3Si4/c1-8(3-6)5-9(2)4-7/h8-9H,1-2,6-7H3. The molecule has 0 radical (unpaired) electrons. The molecule has 0 rings (SSSR count). The van der Waals surface area contributed by atoms with E-state index in [2.05, 4.69) is 0 Å². The van der Waals surface area contributed by atoms with E-state index in [0.717, 1.165) is 21.0 Å². The van der Waals surface area contributed by atoms with Crippen molar-refractivity contribution in [2.75, 3.05) is 0 Å². The highest BCUT2D eigenvalue weighted by atomic mass is 28.4. The summed E-state index contributed by atoms with van der Waals surface area (Å²) in [6.45, 7) is 4.08. The molecule has 0 aliphatic carbocycles. The first-order valence-electron chi connectivity index (χ1n) is 2.91. The highest BCUT2D eigenvalue weighted by Gasteiger charge is 2.08. The summed E-state index contributed by atoms with van der Waals surface area (Å²) in [5.41, 5.74) is 0. The zero-order chi connectivity index (χ0) is 7.28. The Labute approximate surface area is 65.5 Å². The minimum atomic E-state index is -1.24. The van der Waals surface area contributed by atoms with Crippen LogP contribution in [0.2, 0.25) is 13.1 Å². The lowest BCUT2D eigenvalue weighted by atomic mass is 11.9. The predicted molar refractivity (Wildman–Crippen MR) is 49.2 cm³/mol. The molecule has 2 unspecified atom stereocenters. The molecular weight excluding hydrogens is 184 g/mol. The summed E-state index contributed by atoms with van der Waals surface area (Å²) < 4.78 is 15.7. The molecule has 7 heteroatoms. The molecule has 2 atom stereocenters. The second-order valence-corrected chi connectivity index (χ2v) is 8.87. The average molecular weight is 198 g/mol. The summed E-state index contributed by atoms with van der Waals surface area (Å²) in [5, 5.41) is 0. The van der Waals surface area contributed by atoms with Crippen molar-refractivity contribution in [3.8, 4) is 0 Å². The molecule has 0 spiro atoms. The van der Waals surface area contributed by atoms with Crippen molar-refractivity contribution in [2.24, 2.45) is 0 Å². The van der Waals surface area contributed by atoms with Gasteiger partial charge in [0.15, 0.2) is 0 Å². The van der Waals surface area contributed by atoms with Gasteiger partial charge >= 0.3 is 0 Å². The van der Waals surface area contributed by atoms with Crippen LogP contribution in [-0.4, -0.2) is 39.5 Å². The van der Waals surface area contributed by atoms with E-state index in [4.69, 9.17) is 12.3 Å². The Hall–Kier alpha value is 0.748. The van der Waals surface area contributed by atoms with Gasteiger partial charge in [-0.25, -0.2) is 0 Å². The Bertz CT molecular complexity index is 62.8. The van der Waals surface area contributed by atoms with Gasteiger partial charge in [-0.1, -0.05) is 0 Å². The van der Waals surface area contributed by atoms with Crippen LogP contribution in [-0.2, 0) is 12.3 Å². The molecule has 0 amide bonds. The summed E-state index contributed by atoms with van der Waals surface area (Å²) in [6, 6.07) is 0. The fourth-order valence-corrected chi connectivity index (χ4v) is 5.43. The van der Waals surface area contributed by atoms with Crippen molar-refractivity contribution in [1.29, 1.82) is 0 Å². The fourth-order valence-electron chi connectivity index (χ4n) is 0.381. The normalized spacial score (nSPS) is 18.0. The van der Waals surface area contributed by atoms with Gasteiger partial charge in [0.2, 0.25) is 0 Å². The Morgan fingerprint density at radius 1 is 1.00 bits per heavy atom. The lowest BCUT2D eigenvalue weighted by Crippen LogP contribution is -2.28. The SMILES string of the molecule is C[SiH](O[SiH3])O[SiH](C)O[SiH3]. The van der Waals surface area contributed by atoms with E-state index in [9.17, 15) is 0 Å². The lowest BCUT2D eigenvalue weighted by molar-refractivity contribution is 0.401. The van der Waals surface area contributed by atoms with E-state index in [1.54, 1.807) is 0 Å². The van der Waals surface area contributed by atoms with Crippen molar-refractivity contribution >= 4 is 39.5 Å². The Morgan fingerprint density at radius 3 is 1.56 bits per heavy atom. The van der Waals surface area contributed by atoms with Crippen LogP contribution in [0.15, 0.2) is 0 Å². The van der Waals surface area contributed by atoms with Crippen molar-refractivity contribution < 1.29 is 12.3 Å². The van der Waals surface area contributed by atoms with Crippen LogP contribution in [0, 0.1) is 0 Å². The summed E-state index contributed by atoms with van der Waals surface area (Å²) in [4.78, 5) is 0. The van der Waals surface area contributed by atoms with Crippen molar-refractivity contribution in [1.82, 2.24) is 0 Å². The zero-order valence-corrected chi connectivity index (χ0v) is 12.7. The van der Waals surface area contributed by atoms with Crippen molar-refractivity contribution in [3.63, 3.8) is 0 Å². The summed E-state index contributed by atoms with van der Waals surface area (Å²) in [7, 11) is -0.881. The van der Waals surface area contributed by atoms with Gasteiger partial charge in [0.25, 0.3) is 18.6 Å². The van der Waals surface area contributed by atoms with Crippen LogP contribution in [0.5, 0.6) is 0 Å². The van der Waals surface area contributed by atoms with Gasteiger partial charge in [-0.05, 0) is 13.1 Å². The molecule has 0 aliphatic heterocycles. The van der Waals surface area contributed by atoms with Gasteiger partial charge in [0, 0.05) is 0 Å². The molecule has 0 fully saturated rings. The van der Waals surface area contributed by atoms with Crippen LogP contribution in [0.4, 0.5) is 0 Å². The Balaban J connectivity index is 3.22. The third kappa shape index (κ3) is 5.20. The molecule has 0 aromatic rings. The van der Waals surface area contributed by atoms with Gasteiger partial charge in [-0.15, -0.1) is 0 Å². The van der Waals surface area contributed by atoms with E-state index in [1.165, 1.54) is 0 Å². The van der Waals surface area contributed by atoms with Crippen LogP contribution >= 0.6 is 0 Å². The first kappa shape index (κ1) is 9.75. The first-order valence-corrected chi connectivity index (χ1v) is 8.74. The van der Waals surface area contributed by atoms with Gasteiger partial charge in [-0.2, -0.15) is 0 Å². The first-order chi connectivity index (χ1) is 4.20. The van der Waals surface area contributed by atoms with Crippen molar-refractivity contribution in [2.45, 2.75) is 13.1 Å². The molecule has 0 aromatic carbocycles. The third-order valence-electron chi connectivity index (χ3n) is 1.05. The summed E-state index contributed by atoms with van der Waals surface area (Å²) in [5.74, 6) is 0. The largest absolute Gasteiger partial charge is 0.447 e. The highest BCUT2D eigenvalue weighted by Crippen LogP contribution is 1.90. The van der Waals surface area contributed by atoms with E-state index in [1.807, 2.05) is 13.1 Å². The Kier molecular flexibility index (Phi) is 5.99. The number of rotatable bonds is 4. The quantitative estimate of drug-likeness (QED) is 0.460. The summed E-state index contributed by atoms with van der Waals surface area (Å²) in [6.07, 6.45) is 0. The molecule has 0 N–H and O–H groups in total. The highest BCUT2D eigenvalue weighted by molar-refractivity contribution is 6.61. The van der Waals surface area contributed by atoms with E-state index < -0.39 is 18.6 Å². The van der Waals surface area contributed by atoms with Crippen LogP contribution in [0.3, 0.4) is 0 Å². The van der Waals surface area contributed by atoms with E-state index >= 15 is 0 Å². The molecule has 9 heavy (non-hydrogen) atoms. The van der Waals surface area contributed by atoms with E-state index in [-0.39, 0.29) is 0 Å². The minimum absolute atomic E-state index is 0.796. The molecule has 56 valence electrons. The van der Waals surface area contributed by atoms with Crippen LogP contribution in [0.1, 0.15) is 0 Å². The zero-order valence-electron chi connectivity index (χ0n) is 6.38. The summed E-state index contributed by atoms with van der Waals surface area (Å²) >= 11 is 0. The molecule has 0 saturated heterocycles. The molecule has 3 nitrogen and oxygen atoms in total. The fraction of sp³-hybridized carbons (Fsp3) is 1.00. The van der Waals surface area contributed by atoms with E-state index in [0.29, 0.717) is 0 Å². The van der Waals surface area contributed by atoms with Crippen LogP contribution < -0.4 is 0 Å². The number of hydrogen-bond donors (Lipinski definition) is 0. The maximum Gasteiger partial charge on any atom is 0.298 e. The maximum absolute atomic E-state index is 5.45. The molecule has 0 bridgehead atoms. The molecular formula is C2H14O3Si4. The molecule has 0 heterocycles. The smallest absolute Gasteiger partial charge is 0.298 e. The van der Waals surface area contributed by atoms with Crippen molar-refractivity contribution in [3.05, 3.63) is 0 Å². The second kappa shape index (κ2) is 5.53. The Morgan fingerprint density at radius 2 is 1.33 bits per heavy atom. The monoisotopic (exact) mass is 198 g/mol. The lowest BCUT2D eigenvalue weighted by Gasteiger charge is -2.14. The number of hydrogen-bond acceptors (Lipinski definition) is 3. The maximum atomic E-state index is 5.45. The minimum Gasteiger partial charge on any atom is -0.447 e. The predicted octanol–water partition coefficient (Wildman–Crippen LogP) is -2.70. The topological polar surface area (TPSA) is 27.7 Å². The molecule has 0 aliphatic rings. The molecule has 0 saturated carbocycles.